The summed E-state index contributed by atoms with van der Waals surface area (Å²) in [5, 5.41) is 36.8. The van der Waals surface area contributed by atoms with Crippen molar-refractivity contribution < 1.29 is 36.9 Å². The average Bonchev–Trinajstić information content (AvgIpc) is 2.67. The third-order valence-corrected chi connectivity index (χ3v) is 3.75. The van der Waals surface area contributed by atoms with E-state index in [1.54, 1.807) is 48.8 Å². The van der Waals surface area contributed by atoms with Gasteiger partial charge in [0, 0.05) is 40.0 Å². The topological polar surface area (TPSA) is 106 Å². The van der Waals surface area contributed by atoms with Crippen molar-refractivity contribution in [2.45, 2.75) is 38.8 Å². The van der Waals surface area contributed by atoms with Crippen LogP contribution in [-0.2, 0) is 16.5 Å². The molecule has 29 heavy (non-hydrogen) atoms. The molecule has 0 atom stereocenters. The van der Waals surface area contributed by atoms with Gasteiger partial charge in [0.05, 0.1) is 24.3 Å². The van der Waals surface area contributed by atoms with Crippen molar-refractivity contribution in [3.8, 4) is 11.5 Å². The first-order valence-electron chi connectivity index (χ1n) is 8.98. The SMILES string of the molecule is CC(C)(CO)N=Cc1ccccc1O.CC(C)(CO)N=Cc1ccccc1O.[Ni]. The maximum atomic E-state index is 9.43. The molecule has 2 aromatic rings. The van der Waals surface area contributed by atoms with Crippen molar-refractivity contribution in [3.05, 3.63) is 59.7 Å². The van der Waals surface area contributed by atoms with Gasteiger partial charge in [0.25, 0.3) is 0 Å². The summed E-state index contributed by atoms with van der Waals surface area (Å²) in [5.74, 6) is 0.398. The Morgan fingerprint density at radius 2 is 1.00 bits per heavy atom. The molecule has 0 fully saturated rings. The molecule has 0 unspecified atom stereocenters. The first-order valence-corrected chi connectivity index (χ1v) is 8.98. The van der Waals surface area contributed by atoms with Crippen LogP contribution in [-0.4, -0.2) is 57.1 Å². The van der Waals surface area contributed by atoms with Gasteiger partial charge in [-0.1, -0.05) is 24.3 Å². The normalized spacial score (nSPS) is 11.8. The van der Waals surface area contributed by atoms with Gasteiger partial charge in [0.1, 0.15) is 11.5 Å². The van der Waals surface area contributed by atoms with Crippen molar-refractivity contribution in [1.29, 1.82) is 0 Å². The van der Waals surface area contributed by atoms with E-state index in [-0.39, 0.29) is 41.2 Å². The molecule has 0 aliphatic carbocycles. The molecule has 0 radical (unpaired) electrons. The predicted molar refractivity (Wildman–Crippen MR) is 114 cm³/mol. The molecule has 0 spiro atoms. The van der Waals surface area contributed by atoms with E-state index in [9.17, 15) is 10.2 Å². The van der Waals surface area contributed by atoms with Crippen molar-refractivity contribution in [2.24, 2.45) is 9.98 Å². The maximum Gasteiger partial charge on any atom is 0.124 e. The fourth-order valence-corrected chi connectivity index (χ4v) is 1.76. The van der Waals surface area contributed by atoms with Crippen LogP contribution in [0.15, 0.2) is 58.5 Å². The summed E-state index contributed by atoms with van der Waals surface area (Å²) >= 11 is 0. The molecule has 0 aromatic heterocycles. The summed E-state index contributed by atoms with van der Waals surface area (Å²) in [4.78, 5) is 8.34. The summed E-state index contributed by atoms with van der Waals surface area (Å²) in [5.41, 5.74) is 0.327. The molecular formula is C22H30N2NiO4. The second-order valence-corrected chi connectivity index (χ2v) is 7.58. The van der Waals surface area contributed by atoms with Crippen molar-refractivity contribution in [1.82, 2.24) is 0 Å². The van der Waals surface area contributed by atoms with Crippen LogP contribution in [0.4, 0.5) is 0 Å². The van der Waals surface area contributed by atoms with E-state index in [1.807, 2.05) is 39.8 Å². The van der Waals surface area contributed by atoms with Gasteiger partial charge in [-0.05, 0) is 52.0 Å². The molecule has 6 nitrogen and oxygen atoms in total. The molecule has 162 valence electrons. The van der Waals surface area contributed by atoms with Crippen LogP contribution in [0.3, 0.4) is 0 Å². The molecule has 7 heteroatoms. The van der Waals surface area contributed by atoms with Crippen LogP contribution in [0.1, 0.15) is 38.8 Å². The van der Waals surface area contributed by atoms with E-state index in [1.165, 1.54) is 0 Å². The monoisotopic (exact) mass is 444 g/mol. The Balaban J connectivity index is 0.000000523. The summed E-state index contributed by atoms with van der Waals surface area (Å²) in [6.07, 6.45) is 3.15. The zero-order chi connectivity index (χ0) is 21.2. The Labute approximate surface area is 182 Å². The molecular weight excluding hydrogens is 415 g/mol. The van der Waals surface area contributed by atoms with Gasteiger partial charge in [0.15, 0.2) is 0 Å². The third-order valence-electron chi connectivity index (χ3n) is 3.75. The number of nitrogens with zero attached hydrogens (tertiary/aromatic N) is 2. The quantitative estimate of drug-likeness (QED) is 0.405. The van der Waals surface area contributed by atoms with Gasteiger partial charge in [-0.15, -0.1) is 0 Å². The second-order valence-electron chi connectivity index (χ2n) is 7.58. The standard InChI is InChI=1S/2C11H15NO2.Ni/c2*1-11(2,8-13)12-7-9-5-3-4-6-10(9)14;/h2*3-7,13-14H,8H2,1-2H3;. The zero-order valence-corrected chi connectivity index (χ0v) is 18.2. The molecule has 2 aromatic carbocycles. The number of rotatable bonds is 6. The van der Waals surface area contributed by atoms with Crippen LogP contribution in [0.5, 0.6) is 11.5 Å². The zero-order valence-electron chi connectivity index (χ0n) is 17.2. The molecule has 0 heterocycles. The Morgan fingerprint density at radius 3 is 1.28 bits per heavy atom. The van der Waals surface area contributed by atoms with E-state index in [2.05, 4.69) is 9.98 Å². The van der Waals surface area contributed by atoms with Gasteiger partial charge in [-0.25, -0.2) is 0 Å². The van der Waals surface area contributed by atoms with E-state index >= 15 is 0 Å². The van der Waals surface area contributed by atoms with Crippen molar-refractivity contribution in [2.75, 3.05) is 13.2 Å². The van der Waals surface area contributed by atoms with Gasteiger partial charge >= 0.3 is 0 Å². The van der Waals surface area contributed by atoms with Crippen LogP contribution in [0.2, 0.25) is 0 Å². The Kier molecular flexibility index (Phi) is 11.4. The van der Waals surface area contributed by atoms with E-state index in [4.69, 9.17) is 10.2 Å². The summed E-state index contributed by atoms with van der Waals surface area (Å²) in [6, 6.07) is 13.9. The molecule has 4 N–H and O–H groups in total. The van der Waals surface area contributed by atoms with Crippen LogP contribution >= 0.6 is 0 Å². The first-order chi connectivity index (χ1) is 13.1. The van der Waals surface area contributed by atoms with Crippen molar-refractivity contribution in [3.63, 3.8) is 0 Å². The van der Waals surface area contributed by atoms with Crippen LogP contribution < -0.4 is 0 Å². The van der Waals surface area contributed by atoms with Gasteiger partial charge < -0.3 is 20.4 Å². The smallest absolute Gasteiger partial charge is 0.124 e. The number of hydrogen-bond donors (Lipinski definition) is 4. The number of phenols is 2. The van der Waals surface area contributed by atoms with E-state index in [0.29, 0.717) is 11.1 Å². The number of hydrogen-bond acceptors (Lipinski definition) is 6. The molecule has 2 rings (SSSR count). The fourth-order valence-electron chi connectivity index (χ4n) is 1.76. The summed E-state index contributed by atoms with van der Waals surface area (Å²) in [6.45, 7) is 7.26. The number of aliphatic hydroxyl groups excluding tert-OH is 2. The second kappa shape index (κ2) is 12.4. The van der Waals surface area contributed by atoms with Crippen molar-refractivity contribution >= 4 is 12.4 Å². The minimum atomic E-state index is -0.498. The fraction of sp³-hybridized carbons (Fsp3) is 0.364. The van der Waals surface area contributed by atoms with Gasteiger partial charge in [-0.2, -0.15) is 0 Å². The Bertz CT molecular complexity index is 737. The van der Waals surface area contributed by atoms with Gasteiger partial charge in [0.2, 0.25) is 0 Å². The number of aliphatic hydroxyl groups is 2. The number of aromatic hydroxyl groups is 2. The summed E-state index contributed by atoms with van der Waals surface area (Å²) < 4.78 is 0. The molecule has 0 amide bonds. The molecule has 0 saturated heterocycles. The molecule has 0 bridgehead atoms. The molecule has 0 saturated carbocycles. The number of phenolic OH excluding ortho intramolecular Hbond substituents is 2. The average molecular weight is 445 g/mol. The molecule has 0 aliphatic heterocycles. The minimum Gasteiger partial charge on any atom is -0.507 e. The van der Waals surface area contributed by atoms with Crippen LogP contribution in [0.25, 0.3) is 0 Å². The first kappa shape index (κ1) is 26.8. The Morgan fingerprint density at radius 1 is 0.690 bits per heavy atom. The number of aliphatic imine (C=N–C) groups is 2. The molecule has 0 aliphatic rings. The maximum absolute atomic E-state index is 9.43. The minimum absolute atomic E-state index is 0. The van der Waals surface area contributed by atoms with E-state index in [0.717, 1.165) is 0 Å². The largest absolute Gasteiger partial charge is 0.507 e. The Hall–Kier alpha value is -2.21. The van der Waals surface area contributed by atoms with Crippen LogP contribution in [0, 0.1) is 0 Å². The van der Waals surface area contributed by atoms with E-state index < -0.39 is 11.1 Å². The predicted octanol–water partition coefficient (Wildman–Crippen LogP) is 3.16. The van der Waals surface area contributed by atoms with Gasteiger partial charge in [-0.3, -0.25) is 9.98 Å². The number of benzene rings is 2. The number of para-hydroxylation sites is 2. The summed E-state index contributed by atoms with van der Waals surface area (Å²) in [7, 11) is 0. The third kappa shape index (κ3) is 10.2.